The quantitative estimate of drug-likeness (QED) is 0.681. The summed E-state index contributed by atoms with van der Waals surface area (Å²) in [5.74, 6) is 0. The van der Waals surface area contributed by atoms with Crippen molar-refractivity contribution in [1.82, 2.24) is 15.0 Å². The first-order valence-electron chi connectivity index (χ1n) is 5.88. The highest BCUT2D eigenvalue weighted by atomic mass is 15.4. The van der Waals surface area contributed by atoms with Gasteiger partial charge in [-0.05, 0) is 30.7 Å². The van der Waals surface area contributed by atoms with Crippen molar-refractivity contribution >= 4 is 23.3 Å². The van der Waals surface area contributed by atoms with Gasteiger partial charge in [0, 0.05) is 6.20 Å². The zero-order valence-electron chi connectivity index (χ0n) is 10.1. The molecule has 1 heterocycles. The lowest BCUT2D eigenvalue weighted by molar-refractivity contribution is 0.863. The van der Waals surface area contributed by atoms with Gasteiger partial charge in [-0.1, -0.05) is 47.2 Å². The van der Waals surface area contributed by atoms with Gasteiger partial charge in [0.15, 0.2) is 0 Å². The van der Waals surface area contributed by atoms with E-state index in [1.807, 2.05) is 36.5 Å². The summed E-state index contributed by atoms with van der Waals surface area (Å²) in [7, 11) is 0. The predicted octanol–water partition coefficient (Wildman–Crippen LogP) is 3.37. The molecular formula is C15H13N3. The minimum atomic E-state index is 0.908. The summed E-state index contributed by atoms with van der Waals surface area (Å²) in [6.07, 6.45) is 3.96. The van der Waals surface area contributed by atoms with Crippen LogP contribution in [0.15, 0.2) is 48.5 Å². The third-order valence-electron chi connectivity index (χ3n) is 2.86. The van der Waals surface area contributed by atoms with Crippen LogP contribution in [0.5, 0.6) is 0 Å². The Labute approximate surface area is 105 Å². The van der Waals surface area contributed by atoms with Gasteiger partial charge in [0.05, 0.1) is 5.52 Å². The predicted molar refractivity (Wildman–Crippen MR) is 73.9 cm³/mol. The second kappa shape index (κ2) is 4.45. The van der Waals surface area contributed by atoms with Crippen molar-refractivity contribution in [3.63, 3.8) is 0 Å². The molecule has 0 aliphatic rings. The first kappa shape index (κ1) is 10.7. The normalized spacial score (nSPS) is 11.4. The third kappa shape index (κ3) is 2.02. The largest absolute Gasteiger partial charge is 0.220 e. The van der Waals surface area contributed by atoms with Crippen LogP contribution in [0.25, 0.3) is 23.3 Å². The van der Waals surface area contributed by atoms with Gasteiger partial charge in [0.25, 0.3) is 0 Å². The molecule has 1 aromatic heterocycles. The van der Waals surface area contributed by atoms with Gasteiger partial charge in [-0.2, -0.15) is 0 Å². The molecule has 0 radical (unpaired) electrons. The maximum Gasteiger partial charge on any atom is 0.113 e. The SMILES string of the molecule is Cc1ccc(/C=C/n2nnc3ccccc32)cc1. The Bertz CT molecular complexity index is 693. The van der Waals surface area contributed by atoms with Gasteiger partial charge in [-0.3, -0.25) is 0 Å². The van der Waals surface area contributed by atoms with Gasteiger partial charge >= 0.3 is 0 Å². The van der Waals surface area contributed by atoms with Crippen molar-refractivity contribution in [2.24, 2.45) is 0 Å². The van der Waals surface area contributed by atoms with Crippen LogP contribution < -0.4 is 0 Å². The Morgan fingerprint density at radius 1 is 1.00 bits per heavy atom. The van der Waals surface area contributed by atoms with Crippen molar-refractivity contribution in [2.75, 3.05) is 0 Å². The van der Waals surface area contributed by atoms with Gasteiger partial charge < -0.3 is 0 Å². The fourth-order valence-corrected chi connectivity index (χ4v) is 1.83. The van der Waals surface area contributed by atoms with Crippen molar-refractivity contribution < 1.29 is 0 Å². The highest BCUT2D eigenvalue weighted by molar-refractivity contribution is 5.77. The molecule has 0 unspecified atom stereocenters. The van der Waals surface area contributed by atoms with E-state index >= 15 is 0 Å². The van der Waals surface area contributed by atoms with Crippen molar-refractivity contribution in [2.45, 2.75) is 6.92 Å². The smallest absolute Gasteiger partial charge is 0.113 e. The summed E-state index contributed by atoms with van der Waals surface area (Å²) < 4.78 is 1.79. The molecule has 0 amide bonds. The first-order chi connectivity index (χ1) is 8.83. The molecule has 0 saturated heterocycles. The second-order valence-corrected chi connectivity index (χ2v) is 4.25. The average molecular weight is 235 g/mol. The van der Waals surface area contributed by atoms with Crippen LogP contribution in [0.1, 0.15) is 11.1 Å². The highest BCUT2D eigenvalue weighted by Crippen LogP contribution is 2.11. The van der Waals surface area contributed by atoms with Crippen LogP contribution in [-0.2, 0) is 0 Å². The summed E-state index contributed by atoms with van der Waals surface area (Å²) in [5, 5.41) is 8.21. The number of hydrogen-bond donors (Lipinski definition) is 0. The maximum absolute atomic E-state index is 4.11. The zero-order valence-corrected chi connectivity index (χ0v) is 10.1. The highest BCUT2D eigenvalue weighted by Gasteiger charge is 1.99. The molecule has 3 rings (SSSR count). The molecule has 3 heteroatoms. The summed E-state index contributed by atoms with van der Waals surface area (Å²) in [6, 6.07) is 16.3. The number of nitrogens with zero attached hydrogens (tertiary/aromatic N) is 3. The van der Waals surface area contributed by atoms with Gasteiger partial charge in [-0.15, -0.1) is 5.10 Å². The molecule has 2 aromatic carbocycles. The summed E-state index contributed by atoms with van der Waals surface area (Å²) in [6.45, 7) is 2.08. The molecule has 88 valence electrons. The van der Waals surface area contributed by atoms with Crippen molar-refractivity contribution in [3.05, 3.63) is 59.7 Å². The van der Waals surface area contributed by atoms with E-state index in [4.69, 9.17) is 0 Å². The van der Waals surface area contributed by atoms with E-state index in [0.717, 1.165) is 16.6 Å². The molecule has 0 N–H and O–H groups in total. The minimum Gasteiger partial charge on any atom is -0.220 e. The average Bonchev–Trinajstić information content (AvgIpc) is 2.82. The zero-order chi connectivity index (χ0) is 12.4. The fraction of sp³-hybridized carbons (Fsp3) is 0.0667. The summed E-state index contributed by atoms with van der Waals surface area (Å²) in [4.78, 5) is 0. The van der Waals surface area contributed by atoms with Crippen LogP contribution in [-0.4, -0.2) is 15.0 Å². The standard InChI is InChI=1S/C15H13N3/c1-12-6-8-13(9-7-12)10-11-18-15-5-3-2-4-14(15)16-17-18/h2-11H,1H3/b11-10+. The van der Waals surface area contributed by atoms with Crippen LogP contribution in [0.3, 0.4) is 0 Å². The second-order valence-electron chi connectivity index (χ2n) is 4.25. The molecule has 3 aromatic rings. The van der Waals surface area contributed by atoms with E-state index in [9.17, 15) is 0 Å². The number of rotatable bonds is 2. The molecular weight excluding hydrogens is 222 g/mol. The van der Waals surface area contributed by atoms with Crippen LogP contribution in [0.2, 0.25) is 0 Å². The first-order valence-corrected chi connectivity index (χ1v) is 5.88. The third-order valence-corrected chi connectivity index (χ3v) is 2.86. The lowest BCUT2D eigenvalue weighted by Gasteiger charge is -1.96. The molecule has 0 fully saturated rings. The Kier molecular flexibility index (Phi) is 2.65. The summed E-state index contributed by atoms with van der Waals surface area (Å²) in [5.41, 5.74) is 4.34. The number of hydrogen-bond acceptors (Lipinski definition) is 2. The maximum atomic E-state index is 4.11. The topological polar surface area (TPSA) is 30.7 Å². The number of aryl methyl sites for hydroxylation is 1. The van der Waals surface area contributed by atoms with Crippen molar-refractivity contribution in [3.8, 4) is 0 Å². The van der Waals surface area contributed by atoms with Crippen LogP contribution >= 0.6 is 0 Å². The van der Waals surface area contributed by atoms with E-state index in [2.05, 4.69) is 41.5 Å². The Morgan fingerprint density at radius 3 is 2.61 bits per heavy atom. The molecule has 3 nitrogen and oxygen atoms in total. The molecule has 0 bridgehead atoms. The molecule has 0 spiro atoms. The summed E-state index contributed by atoms with van der Waals surface area (Å²) >= 11 is 0. The Hall–Kier alpha value is -2.42. The molecule has 0 saturated carbocycles. The molecule has 0 aliphatic carbocycles. The Morgan fingerprint density at radius 2 is 1.78 bits per heavy atom. The number of para-hydroxylation sites is 1. The van der Waals surface area contributed by atoms with E-state index in [0.29, 0.717) is 0 Å². The Balaban J connectivity index is 1.94. The fourth-order valence-electron chi connectivity index (χ4n) is 1.83. The van der Waals surface area contributed by atoms with Crippen molar-refractivity contribution in [1.29, 1.82) is 0 Å². The number of aromatic nitrogens is 3. The van der Waals surface area contributed by atoms with E-state index in [-0.39, 0.29) is 0 Å². The lowest BCUT2D eigenvalue weighted by atomic mass is 10.1. The van der Waals surface area contributed by atoms with Crippen LogP contribution in [0, 0.1) is 6.92 Å². The van der Waals surface area contributed by atoms with Gasteiger partial charge in [0.1, 0.15) is 5.52 Å². The minimum absolute atomic E-state index is 0.908. The lowest BCUT2D eigenvalue weighted by Crippen LogP contribution is -1.88. The van der Waals surface area contributed by atoms with E-state index in [1.165, 1.54) is 5.56 Å². The van der Waals surface area contributed by atoms with Gasteiger partial charge in [0.2, 0.25) is 0 Å². The number of benzene rings is 2. The molecule has 0 atom stereocenters. The van der Waals surface area contributed by atoms with E-state index < -0.39 is 0 Å². The van der Waals surface area contributed by atoms with Gasteiger partial charge in [-0.25, -0.2) is 4.68 Å². The van der Waals surface area contributed by atoms with E-state index in [1.54, 1.807) is 4.68 Å². The van der Waals surface area contributed by atoms with Crippen LogP contribution in [0.4, 0.5) is 0 Å². The molecule has 0 aliphatic heterocycles. The monoisotopic (exact) mass is 235 g/mol. The number of fused-ring (bicyclic) bond motifs is 1. The molecule has 18 heavy (non-hydrogen) atoms.